The van der Waals surface area contributed by atoms with Crippen molar-refractivity contribution < 1.29 is 33.9 Å². The number of carboxylic acid groups (broad SMARTS) is 1. The van der Waals surface area contributed by atoms with E-state index in [0.717, 1.165) is 0 Å². The van der Waals surface area contributed by atoms with Gasteiger partial charge in [0.15, 0.2) is 0 Å². The molecule has 0 bridgehead atoms. The second-order valence-electron chi connectivity index (χ2n) is 7.27. The fourth-order valence-corrected chi connectivity index (χ4v) is 2.92. The molecule has 1 aromatic rings. The number of hydrogen-bond acceptors (Lipinski definition) is 9. The highest BCUT2D eigenvalue weighted by molar-refractivity contribution is 7.80. The lowest BCUT2D eigenvalue weighted by atomic mass is 10.1. The summed E-state index contributed by atoms with van der Waals surface area (Å²) < 4.78 is 0. The molecule has 0 aliphatic carbocycles. The summed E-state index contributed by atoms with van der Waals surface area (Å²) in [5, 5.41) is 16.0. The smallest absolute Gasteiger partial charge is 0.327 e. The highest BCUT2D eigenvalue weighted by atomic mass is 32.1. The number of hydrogen-bond donors (Lipinski definition) is 9. The number of amides is 5. The second kappa shape index (κ2) is 13.8. The maximum atomic E-state index is 12.8. The van der Waals surface area contributed by atoms with Gasteiger partial charge in [0, 0.05) is 30.5 Å². The lowest BCUT2D eigenvalue weighted by Gasteiger charge is -2.24. The average Bonchev–Trinajstić information content (AvgIpc) is 3.26. The summed E-state index contributed by atoms with van der Waals surface area (Å²) in [5.41, 5.74) is 16.3. The van der Waals surface area contributed by atoms with E-state index in [1.165, 1.54) is 12.5 Å². The van der Waals surface area contributed by atoms with Gasteiger partial charge in [-0.15, -0.1) is 0 Å². The van der Waals surface area contributed by atoms with Crippen molar-refractivity contribution in [3.05, 3.63) is 18.2 Å². The summed E-state index contributed by atoms with van der Waals surface area (Å²) in [7, 11) is 0. The van der Waals surface area contributed by atoms with Crippen molar-refractivity contribution in [2.45, 2.75) is 49.9 Å². The van der Waals surface area contributed by atoms with Gasteiger partial charge in [-0.2, -0.15) is 12.6 Å². The lowest BCUT2D eigenvalue weighted by molar-refractivity contribution is -0.141. The number of nitrogens with zero attached hydrogens (tertiary/aromatic N) is 1. The van der Waals surface area contributed by atoms with E-state index in [2.05, 4.69) is 38.5 Å². The molecule has 4 atom stereocenters. The van der Waals surface area contributed by atoms with Crippen molar-refractivity contribution in [2.75, 3.05) is 5.75 Å². The Kier molecular flexibility index (Phi) is 11.5. The van der Waals surface area contributed by atoms with Crippen molar-refractivity contribution in [1.29, 1.82) is 0 Å². The number of aromatic nitrogens is 2. The number of nitrogens with two attached hydrogens (primary N) is 3. The number of thiol groups is 1. The predicted octanol–water partition coefficient (Wildman–Crippen LogP) is -4.11. The predicted molar refractivity (Wildman–Crippen MR) is 120 cm³/mol. The van der Waals surface area contributed by atoms with Crippen molar-refractivity contribution in [1.82, 2.24) is 25.9 Å². The Morgan fingerprint density at radius 1 is 0.971 bits per heavy atom. The molecule has 0 aliphatic rings. The van der Waals surface area contributed by atoms with Gasteiger partial charge >= 0.3 is 5.97 Å². The number of nitrogens with one attached hydrogen (secondary N) is 4. The number of carboxylic acids is 1. The van der Waals surface area contributed by atoms with Gasteiger partial charge in [0.25, 0.3) is 0 Å². The number of carbonyl (C=O) groups excluding carboxylic acids is 5. The van der Waals surface area contributed by atoms with Gasteiger partial charge in [-0.25, -0.2) is 9.78 Å². The molecule has 188 valence electrons. The molecule has 4 unspecified atom stereocenters. The second-order valence-corrected chi connectivity index (χ2v) is 7.63. The van der Waals surface area contributed by atoms with E-state index < -0.39 is 66.1 Å². The number of carbonyl (C=O) groups is 6. The molecule has 1 heterocycles. The zero-order chi connectivity index (χ0) is 25.8. The summed E-state index contributed by atoms with van der Waals surface area (Å²) in [4.78, 5) is 78.0. The molecule has 0 saturated carbocycles. The van der Waals surface area contributed by atoms with E-state index in [-0.39, 0.29) is 25.0 Å². The average molecular weight is 501 g/mol. The number of aromatic amines is 1. The standard InChI is InChI=1S/C18H28N8O7S/c19-9(1-2-13(20)27)15(29)24-11(4-14(21)28)17(31)25-10(3-8-5-22-7-23-8)16(30)26-12(6-34)18(32)33/h5,7,9-12,34H,1-4,6,19H2,(H2,20,27)(H2,21,28)(H,22,23)(H,24,29)(H,25,31)(H,26,30)(H,32,33). The molecule has 16 heteroatoms. The van der Waals surface area contributed by atoms with Crippen molar-refractivity contribution in [3.63, 3.8) is 0 Å². The van der Waals surface area contributed by atoms with Gasteiger partial charge in [-0.1, -0.05) is 0 Å². The largest absolute Gasteiger partial charge is 0.480 e. The number of imidazole rings is 1. The Labute approximate surface area is 199 Å². The first-order valence-corrected chi connectivity index (χ1v) is 10.6. The molecular weight excluding hydrogens is 472 g/mol. The Morgan fingerprint density at radius 3 is 2.06 bits per heavy atom. The Hall–Kier alpha value is -3.66. The molecular formula is C18H28N8O7S. The fraction of sp³-hybridized carbons (Fsp3) is 0.500. The Balaban J connectivity index is 3.01. The van der Waals surface area contributed by atoms with Gasteiger partial charge in [0.2, 0.25) is 29.5 Å². The summed E-state index contributed by atoms with van der Waals surface area (Å²) >= 11 is 3.88. The van der Waals surface area contributed by atoms with Crippen LogP contribution < -0.4 is 33.2 Å². The van der Waals surface area contributed by atoms with Crippen LogP contribution in [0.25, 0.3) is 0 Å². The minimum Gasteiger partial charge on any atom is -0.480 e. The van der Waals surface area contributed by atoms with Gasteiger partial charge in [-0.05, 0) is 6.42 Å². The van der Waals surface area contributed by atoms with Crippen LogP contribution in [-0.4, -0.2) is 80.5 Å². The number of rotatable bonds is 15. The highest BCUT2D eigenvalue weighted by Crippen LogP contribution is 2.04. The molecule has 0 spiro atoms. The van der Waals surface area contributed by atoms with Crippen LogP contribution in [0.4, 0.5) is 0 Å². The molecule has 1 rings (SSSR count). The van der Waals surface area contributed by atoms with Crippen LogP contribution in [-0.2, 0) is 35.2 Å². The van der Waals surface area contributed by atoms with E-state index in [4.69, 9.17) is 22.3 Å². The first-order valence-electron chi connectivity index (χ1n) is 9.98. The van der Waals surface area contributed by atoms with Gasteiger partial charge < -0.3 is 43.2 Å². The molecule has 0 aromatic carbocycles. The minimum atomic E-state index is -1.50. The monoisotopic (exact) mass is 500 g/mol. The van der Waals surface area contributed by atoms with E-state index in [1.54, 1.807) is 0 Å². The third kappa shape index (κ3) is 9.86. The van der Waals surface area contributed by atoms with Gasteiger partial charge in [0.05, 0.1) is 18.8 Å². The van der Waals surface area contributed by atoms with Crippen LogP contribution in [0.2, 0.25) is 0 Å². The van der Waals surface area contributed by atoms with Crippen LogP contribution >= 0.6 is 12.6 Å². The molecule has 15 nitrogen and oxygen atoms in total. The molecule has 0 aliphatic heterocycles. The minimum absolute atomic E-state index is 0.1000. The van der Waals surface area contributed by atoms with E-state index in [1.807, 2.05) is 0 Å². The highest BCUT2D eigenvalue weighted by Gasteiger charge is 2.31. The van der Waals surface area contributed by atoms with Crippen molar-refractivity contribution in [3.8, 4) is 0 Å². The zero-order valence-electron chi connectivity index (χ0n) is 18.0. The summed E-state index contributed by atoms with van der Waals surface area (Å²) in [6, 6.07) is -5.35. The molecule has 0 saturated heterocycles. The van der Waals surface area contributed by atoms with Crippen molar-refractivity contribution in [2.24, 2.45) is 17.2 Å². The molecule has 0 fully saturated rings. The SMILES string of the molecule is NC(=O)CCC(N)C(=O)NC(CC(N)=O)C(=O)NC(Cc1cnc[nH]1)C(=O)NC(CS)C(=O)O. The molecule has 5 amide bonds. The van der Waals surface area contributed by atoms with Gasteiger partial charge in [-0.3, -0.25) is 24.0 Å². The quantitative estimate of drug-likeness (QED) is 0.106. The Morgan fingerprint density at radius 2 is 1.56 bits per heavy atom. The van der Waals surface area contributed by atoms with Crippen molar-refractivity contribution >= 4 is 48.1 Å². The molecule has 1 aromatic heterocycles. The Bertz CT molecular complexity index is 895. The first-order chi connectivity index (χ1) is 15.9. The maximum absolute atomic E-state index is 12.8. The van der Waals surface area contributed by atoms with E-state index in [0.29, 0.717) is 5.69 Å². The summed E-state index contributed by atoms with van der Waals surface area (Å²) in [6.07, 6.45) is 1.71. The third-order valence-electron chi connectivity index (χ3n) is 4.49. The van der Waals surface area contributed by atoms with Gasteiger partial charge in [0.1, 0.15) is 18.1 Å². The van der Waals surface area contributed by atoms with Crippen LogP contribution in [0, 0.1) is 0 Å². The van der Waals surface area contributed by atoms with Crippen LogP contribution in [0.1, 0.15) is 25.0 Å². The summed E-state index contributed by atoms with van der Waals surface area (Å²) in [5.74, 6) is -5.81. The fourth-order valence-electron chi connectivity index (χ4n) is 2.67. The van der Waals surface area contributed by atoms with E-state index >= 15 is 0 Å². The molecule has 34 heavy (non-hydrogen) atoms. The third-order valence-corrected chi connectivity index (χ3v) is 4.85. The van der Waals surface area contributed by atoms with Crippen LogP contribution in [0.5, 0.6) is 0 Å². The van der Waals surface area contributed by atoms with E-state index in [9.17, 15) is 28.8 Å². The first kappa shape index (κ1) is 28.4. The van der Waals surface area contributed by atoms with Crippen LogP contribution in [0.15, 0.2) is 12.5 Å². The number of primary amides is 2. The zero-order valence-corrected chi connectivity index (χ0v) is 18.9. The lowest BCUT2D eigenvalue weighted by Crippen LogP contribution is -2.58. The molecule has 0 radical (unpaired) electrons. The number of aliphatic carboxylic acids is 1. The summed E-state index contributed by atoms with van der Waals surface area (Å²) in [6.45, 7) is 0. The van der Waals surface area contributed by atoms with Crippen LogP contribution in [0.3, 0.4) is 0 Å². The number of H-pyrrole nitrogens is 1. The maximum Gasteiger partial charge on any atom is 0.327 e. The molecule has 11 N–H and O–H groups in total. The topological polar surface area (TPSA) is 265 Å². The normalized spacial score (nSPS) is 14.2.